The van der Waals surface area contributed by atoms with Gasteiger partial charge in [0, 0.05) is 10.9 Å². The van der Waals surface area contributed by atoms with Crippen LogP contribution in [0.2, 0.25) is 0 Å². The zero-order valence-corrected chi connectivity index (χ0v) is 21.8. The lowest BCUT2D eigenvalue weighted by molar-refractivity contribution is -0.139. The first-order valence-corrected chi connectivity index (χ1v) is 13.5. The summed E-state index contributed by atoms with van der Waals surface area (Å²) in [5.41, 5.74) is 2.10. The summed E-state index contributed by atoms with van der Waals surface area (Å²) in [7, 11) is -4.13. The first-order valence-electron chi connectivity index (χ1n) is 11.2. The molecular formula is C27H26BrNO5S. The normalized spacial score (nSPS) is 18.9. The Kier molecular flexibility index (Phi) is 7.44. The zero-order valence-electron chi connectivity index (χ0n) is 19.4. The third kappa shape index (κ3) is 5.05. The maximum Gasteiger partial charge on any atom is 0.339 e. The molecule has 0 unspecified atom stereocenters. The van der Waals surface area contributed by atoms with Crippen molar-refractivity contribution in [1.29, 1.82) is 0 Å². The number of hydrogen-bond acceptors (Lipinski definition) is 5. The predicted octanol–water partition coefficient (Wildman–Crippen LogP) is 6.01. The Hall–Kier alpha value is -2.94. The third-order valence-corrected chi connectivity index (χ3v) is 8.35. The van der Waals surface area contributed by atoms with Crippen molar-refractivity contribution in [2.45, 2.75) is 37.2 Å². The fourth-order valence-electron chi connectivity index (χ4n) is 4.35. The molecule has 0 bridgehead atoms. The van der Waals surface area contributed by atoms with Crippen molar-refractivity contribution in [2.75, 3.05) is 6.61 Å². The average Bonchev–Trinajstić information content (AvgIpc) is 2.84. The lowest BCUT2D eigenvalue weighted by Gasteiger charge is -2.41. The number of esters is 1. The van der Waals surface area contributed by atoms with Crippen molar-refractivity contribution in [1.82, 2.24) is 4.31 Å². The highest BCUT2D eigenvalue weighted by Crippen LogP contribution is 2.48. The Balaban J connectivity index is 2.01. The number of hydrogen-bond donors (Lipinski definition) is 1. The van der Waals surface area contributed by atoms with Crippen molar-refractivity contribution in [3.63, 3.8) is 0 Å². The SMILES string of the molecule is CCOC(=O)C1=C(O)C[C@H](c2cccc(Br)c2)N(S(=O)(=O)c2ccc(C)cc2)[C@@H]1c1ccccc1. The quantitative estimate of drug-likeness (QED) is 0.376. The van der Waals surface area contributed by atoms with Gasteiger partial charge in [-0.2, -0.15) is 4.31 Å². The first kappa shape index (κ1) is 25.2. The summed E-state index contributed by atoms with van der Waals surface area (Å²) in [6.07, 6.45) is -0.0704. The van der Waals surface area contributed by atoms with Gasteiger partial charge in [-0.25, -0.2) is 13.2 Å². The summed E-state index contributed by atoms with van der Waals surface area (Å²) < 4.78 is 35.9. The van der Waals surface area contributed by atoms with Crippen molar-refractivity contribution < 1.29 is 23.1 Å². The minimum Gasteiger partial charge on any atom is -0.512 e. The Morgan fingerprint density at radius 2 is 1.69 bits per heavy atom. The number of nitrogens with zero attached hydrogens (tertiary/aromatic N) is 1. The molecule has 1 aliphatic heterocycles. The van der Waals surface area contributed by atoms with Gasteiger partial charge in [0.05, 0.1) is 29.2 Å². The van der Waals surface area contributed by atoms with E-state index in [-0.39, 0.29) is 29.3 Å². The van der Waals surface area contributed by atoms with E-state index in [9.17, 15) is 18.3 Å². The van der Waals surface area contributed by atoms with Gasteiger partial charge in [0.2, 0.25) is 10.0 Å². The Bertz CT molecular complexity index is 1350. The van der Waals surface area contributed by atoms with Gasteiger partial charge in [0.15, 0.2) is 0 Å². The van der Waals surface area contributed by atoms with Crippen molar-refractivity contribution in [3.8, 4) is 0 Å². The zero-order chi connectivity index (χ0) is 25.2. The second-order valence-electron chi connectivity index (χ2n) is 8.32. The Morgan fingerprint density at radius 3 is 2.31 bits per heavy atom. The number of aryl methyl sites for hydroxylation is 1. The molecule has 0 saturated carbocycles. The van der Waals surface area contributed by atoms with E-state index >= 15 is 0 Å². The van der Waals surface area contributed by atoms with E-state index in [4.69, 9.17) is 4.74 Å². The average molecular weight is 556 g/mol. The second kappa shape index (κ2) is 10.4. The number of rotatable bonds is 6. The topological polar surface area (TPSA) is 83.9 Å². The first-order chi connectivity index (χ1) is 16.7. The summed E-state index contributed by atoms with van der Waals surface area (Å²) in [6.45, 7) is 3.64. The summed E-state index contributed by atoms with van der Waals surface area (Å²) in [6, 6.07) is 20.9. The van der Waals surface area contributed by atoms with Crippen LogP contribution in [0, 0.1) is 6.92 Å². The van der Waals surface area contributed by atoms with Crippen LogP contribution < -0.4 is 0 Å². The molecule has 0 amide bonds. The van der Waals surface area contributed by atoms with Crippen molar-refractivity contribution in [2.24, 2.45) is 0 Å². The molecule has 3 aromatic rings. The molecule has 0 saturated heterocycles. The molecule has 3 aromatic carbocycles. The number of carbonyl (C=O) groups excluding carboxylic acids is 1. The molecule has 4 rings (SSSR count). The van der Waals surface area contributed by atoms with Crippen LogP contribution in [0.5, 0.6) is 0 Å². The number of benzene rings is 3. The number of ether oxygens (including phenoxy) is 1. The van der Waals surface area contributed by atoms with E-state index in [0.29, 0.717) is 11.1 Å². The van der Waals surface area contributed by atoms with E-state index < -0.39 is 28.1 Å². The van der Waals surface area contributed by atoms with Gasteiger partial charge >= 0.3 is 5.97 Å². The van der Waals surface area contributed by atoms with Crippen LogP contribution in [-0.2, 0) is 19.6 Å². The number of aliphatic hydroxyl groups is 1. The monoisotopic (exact) mass is 555 g/mol. The van der Waals surface area contributed by atoms with Gasteiger partial charge in [0.25, 0.3) is 0 Å². The molecule has 1 aliphatic rings. The molecule has 0 spiro atoms. The maximum absolute atomic E-state index is 14.2. The van der Waals surface area contributed by atoms with E-state index in [1.165, 1.54) is 4.31 Å². The minimum absolute atomic E-state index is 0.0695. The van der Waals surface area contributed by atoms with Crippen molar-refractivity contribution in [3.05, 3.63) is 111 Å². The van der Waals surface area contributed by atoms with Gasteiger partial charge in [-0.3, -0.25) is 0 Å². The van der Waals surface area contributed by atoms with E-state index in [1.807, 2.05) is 37.3 Å². The highest BCUT2D eigenvalue weighted by Gasteiger charge is 2.47. The molecule has 0 fully saturated rings. The standard InChI is InChI=1S/C27H26BrNO5S/c1-3-34-27(31)25-24(30)17-23(20-10-7-11-21(28)16-20)29(26(25)19-8-5-4-6-9-19)35(32,33)22-14-12-18(2)13-15-22/h4-16,23,26,30H,3,17H2,1-2H3/t23-,26-/m1/s1. The molecule has 6 nitrogen and oxygen atoms in total. The molecule has 1 heterocycles. The number of sulfonamides is 1. The number of carbonyl (C=O) groups is 1. The predicted molar refractivity (Wildman–Crippen MR) is 137 cm³/mol. The fourth-order valence-corrected chi connectivity index (χ4v) is 6.53. The fraction of sp³-hybridized carbons (Fsp3) is 0.222. The van der Waals surface area contributed by atoms with Gasteiger partial charge in [-0.05, 0) is 49.2 Å². The molecule has 1 N–H and O–H groups in total. The summed E-state index contributed by atoms with van der Waals surface area (Å²) >= 11 is 3.47. The van der Waals surface area contributed by atoms with Gasteiger partial charge < -0.3 is 9.84 Å². The summed E-state index contributed by atoms with van der Waals surface area (Å²) in [4.78, 5) is 13.2. The highest BCUT2D eigenvalue weighted by atomic mass is 79.9. The maximum atomic E-state index is 14.2. The summed E-state index contributed by atoms with van der Waals surface area (Å²) in [5.74, 6) is -0.923. The smallest absolute Gasteiger partial charge is 0.339 e. The van der Waals surface area contributed by atoms with Gasteiger partial charge in [0.1, 0.15) is 5.76 Å². The molecule has 0 aliphatic carbocycles. The lowest BCUT2D eigenvalue weighted by Crippen LogP contribution is -2.44. The highest BCUT2D eigenvalue weighted by molar-refractivity contribution is 9.10. The molecule has 182 valence electrons. The van der Waals surface area contributed by atoms with Crippen molar-refractivity contribution >= 4 is 31.9 Å². The molecule has 2 atom stereocenters. The molecule has 35 heavy (non-hydrogen) atoms. The second-order valence-corrected chi connectivity index (χ2v) is 11.1. The van der Waals surface area contributed by atoms with Crippen LogP contribution >= 0.6 is 15.9 Å². The number of halogens is 1. The Labute approximate surface area is 214 Å². The largest absolute Gasteiger partial charge is 0.512 e. The van der Waals surface area contributed by atoms with Crippen LogP contribution in [0.4, 0.5) is 0 Å². The molecule has 0 aromatic heterocycles. The van der Waals surface area contributed by atoms with Crippen LogP contribution in [0.3, 0.4) is 0 Å². The van der Waals surface area contributed by atoms with Crippen LogP contribution in [0.15, 0.2) is 99.6 Å². The number of aliphatic hydroxyl groups excluding tert-OH is 1. The van der Waals surface area contributed by atoms with E-state index in [0.717, 1.165) is 10.0 Å². The third-order valence-electron chi connectivity index (χ3n) is 5.97. The van der Waals surface area contributed by atoms with Crippen LogP contribution in [0.25, 0.3) is 0 Å². The molecule has 0 radical (unpaired) electrons. The minimum atomic E-state index is -4.13. The molecular weight excluding hydrogens is 530 g/mol. The van der Waals surface area contributed by atoms with E-state index in [1.54, 1.807) is 55.5 Å². The van der Waals surface area contributed by atoms with Gasteiger partial charge in [-0.1, -0.05) is 76.1 Å². The molecule has 8 heteroatoms. The van der Waals surface area contributed by atoms with Crippen LogP contribution in [-0.4, -0.2) is 30.4 Å². The Morgan fingerprint density at radius 1 is 1.03 bits per heavy atom. The summed E-state index contributed by atoms with van der Waals surface area (Å²) in [5, 5.41) is 11.1. The van der Waals surface area contributed by atoms with E-state index in [2.05, 4.69) is 15.9 Å². The van der Waals surface area contributed by atoms with Gasteiger partial charge in [-0.15, -0.1) is 0 Å². The van der Waals surface area contributed by atoms with Crippen LogP contribution in [0.1, 0.15) is 42.1 Å². The lowest BCUT2D eigenvalue weighted by atomic mass is 9.88.